The Kier molecular flexibility index (Phi) is 6.83. The minimum atomic E-state index is 0.549. The van der Waals surface area contributed by atoms with Crippen LogP contribution in [0.1, 0.15) is 0 Å². The molecule has 0 unspecified atom stereocenters. The van der Waals surface area contributed by atoms with Crippen molar-refractivity contribution in [2.75, 3.05) is 0 Å². The summed E-state index contributed by atoms with van der Waals surface area (Å²) in [4.78, 5) is 15.2. The third-order valence-electron chi connectivity index (χ3n) is 11.0. The Balaban J connectivity index is 0.974. The van der Waals surface area contributed by atoms with E-state index in [2.05, 4.69) is 103 Å². The second kappa shape index (κ2) is 12.3. The predicted molar refractivity (Wildman–Crippen MR) is 229 cm³/mol. The molecular weight excluding hydrogens is 703 g/mol. The van der Waals surface area contributed by atoms with Crippen LogP contribution in [0, 0.1) is 0 Å². The molecule has 0 saturated heterocycles. The molecule has 0 spiro atoms. The average Bonchev–Trinajstić information content (AvgIpc) is 3.96. The Morgan fingerprint density at radius 1 is 0.228 bits per heavy atom. The van der Waals surface area contributed by atoms with Crippen molar-refractivity contribution in [1.82, 2.24) is 15.0 Å². The van der Waals surface area contributed by atoms with E-state index in [9.17, 15) is 0 Å². The lowest BCUT2D eigenvalue weighted by molar-refractivity contribution is 0.668. The van der Waals surface area contributed by atoms with E-state index >= 15 is 0 Å². The topological polar surface area (TPSA) is 78.1 Å². The minimum Gasteiger partial charge on any atom is -0.456 e. The molecule has 0 amide bonds. The molecule has 0 aliphatic rings. The first kappa shape index (κ1) is 31.5. The third-order valence-corrected chi connectivity index (χ3v) is 11.0. The Morgan fingerprint density at radius 3 is 1.23 bits per heavy atom. The van der Waals surface area contributed by atoms with Gasteiger partial charge in [0.25, 0.3) is 0 Å². The van der Waals surface area contributed by atoms with Gasteiger partial charge in [0.15, 0.2) is 17.5 Å². The van der Waals surface area contributed by atoms with Gasteiger partial charge in [-0.15, -0.1) is 0 Å². The summed E-state index contributed by atoms with van der Waals surface area (Å²) in [5.41, 5.74) is 12.0. The number of benzene rings is 8. The van der Waals surface area contributed by atoms with Crippen molar-refractivity contribution < 1.29 is 13.3 Å². The van der Waals surface area contributed by atoms with Gasteiger partial charge in [-0.25, -0.2) is 15.0 Å². The van der Waals surface area contributed by atoms with E-state index in [0.29, 0.717) is 17.5 Å². The number of hydrogen-bond donors (Lipinski definition) is 0. The van der Waals surface area contributed by atoms with Crippen molar-refractivity contribution >= 4 is 65.8 Å². The van der Waals surface area contributed by atoms with E-state index in [-0.39, 0.29) is 0 Å². The summed E-state index contributed by atoms with van der Waals surface area (Å²) in [5, 5.41) is 6.43. The van der Waals surface area contributed by atoms with Crippen molar-refractivity contribution in [3.05, 3.63) is 176 Å². The quantitative estimate of drug-likeness (QED) is 0.175. The number of para-hydroxylation sites is 2. The first-order chi connectivity index (χ1) is 28.2. The summed E-state index contributed by atoms with van der Waals surface area (Å²) in [7, 11) is 0. The van der Waals surface area contributed by atoms with Crippen LogP contribution in [0.5, 0.6) is 0 Å². The lowest BCUT2D eigenvalue weighted by atomic mass is 10.0. The smallest absolute Gasteiger partial charge is 0.164 e. The number of nitrogens with zero attached hydrogens (tertiary/aromatic N) is 3. The summed E-state index contributed by atoms with van der Waals surface area (Å²) >= 11 is 0. The molecule has 0 saturated carbocycles. The van der Waals surface area contributed by atoms with Crippen LogP contribution >= 0.6 is 0 Å². The molecule has 0 bridgehead atoms. The Hall–Kier alpha value is -7.83. The molecule has 0 radical (unpaired) electrons. The highest BCUT2D eigenvalue weighted by Gasteiger charge is 2.17. The van der Waals surface area contributed by atoms with Crippen LogP contribution in [0.2, 0.25) is 0 Å². The zero-order chi connectivity index (χ0) is 37.5. The van der Waals surface area contributed by atoms with Gasteiger partial charge < -0.3 is 13.3 Å². The molecule has 6 heteroatoms. The number of furan rings is 3. The number of fused-ring (bicyclic) bond motifs is 9. The molecule has 0 aliphatic carbocycles. The summed E-state index contributed by atoms with van der Waals surface area (Å²) in [6.07, 6.45) is 0. The van der Waals surface area contributed by atoms with Gasteiger partial charge >= 0.3 is 0 Å². The van der Waals surface area contributed by atoms with Gasteiger partial charge in [0.05, 0.1) is 0 Å². The second-order valence-corrected chi connectivity index (χ2v) is 14.4. The maximum Gasteiger partial charge on any atom is 0.164 e. The maximum absolute atomic E-state index is 6.49. The molecule has 12 rings (SSSR count). The lowest BCUT2D eigenvalue weighted by Gasteiger charge is -2.09. The van der Waals surface area contributed by atoms with Crippen LogP contribution in [-0.2, 0) is 0 Å². The predicted octanol–water partition coefficient (Wildman–Crippen LogP) is 13.9. The van der Waals surface area contributed by atoms with Crippen molar-refractivity contribution in [2.24, 2.45) is 0 Å². The molecule has 0 fully saturated rings. The highest BCUT2D eigenvalue weighted by atomic mass is 16.3. The summed E-state index contributed by atoms with van der Waals surface area (Å²) in [6, 6.07) is 60.0. The molecule has 266 valence electrons. The van der Waals surface area contributed by atoms with Crippen LogP contribution in [0.3, 0.4) is 0 Å². The van der Waals surface area contributed by atoms with Crippen LogP contribution < -0.4 is 0 Å². The molecule has 57 heavy (non-hydrogen) atoms. The van der Waals surface area contributed by atoms with Crippen LogP contribution in [-0.4, -0.2) is 15.0 Å². The van der Waals surface area contributed by atoms with Crippen LogP contribution in [0.25, 0.3) is 122 Å². The monoisotopic (exact) mass is 731 g/mol. The molecule has 4 heterocycles. The van der Waals surface area contributed by atoms with Gasteiger partial charge in [-0.05, 0) is 82.9 Å². The number of aromatic nitrogens is 3. The molecule has 0 N–H and O–H groups in total. The normalized spacial score (nSPS) is 11.9. The summed E-state index contributed by atoms with van der Waals surface area (Å²) < 4.78 is 18.8. The molecule has 4 aromatic heterocycles. The van der Waals surface area contributed by atoms with Gasteiger partial charge in [-0.1, -0.05) is 115 Å². The molecule has 12 aromatic rings. The molecule has 8 aromatic carbocycles. The van der Waals surface area contributed by atoms with Gasteiger partial charge in [-0.2, -0.15) is 0 Å². The van der Waals surface area contributed by atoms with Crippen molar-refractivity contribution in [1.29, 1.82) is 0 Å². The molecule has 6 nitrogen and oxygen atoms in total. The summed E-state index contributed by atoms with van der Waals surface area (Å²) in [5.74, 6) is 1.67. The molecular formula is C51H29N3O3. The Bertz CT molecular complexity index is 3520. The van der Waals surface area contributed by atoms with E-state index in [0.717, 1.165) is 105 Å². The Labute approximate surface area is 325 Å². The fraction of sp³-hybridized carbons (Fsp3) is 0. The second-order valence-electron chi connectivity index (χ2n) is 14.4. The van der Waals surface area contributed by atoms with Crippen molar-refractivity contribution in [2.45, 2.75) is 0 Å². The largest absolute Gasteiger partial charge is 0.456 e. The van der Waals surface area contributed by atoms with Gasteiger partial charge in [0, 0.05) is 49.0 Å². The molecule has 0 atom stereocenters. The van der Waals surface area contributed by atoms with E-state index in [1.807, 2.05) is 72.8 Å². The van der Waals surface area contributed by atoms with E-state index in [1.54, 1.807) is 0 Å². The maximum atomic E-state index is 6.49. The van der Waals surface area contributed by atoms with Gasteiger partial charge in [0.1, 0.15) is 33.5 Å². The fourth-order valence-electron chi connectivity index (χ4n) is 8.07. The van der Waals surface area contributed by atoms with Gasteiger partial charge in [0.2, 0.25) is 0 Å². The number of hydrogen-bond acceptors (Lipinski definition) is 6. The van der Waals surface area contributed by atoms with E-state index in [1.165, 1.54) is 0 Å². The summed E-state index contributed by atoms with van der Waals surface area (Å²) in [6.45, 7) is 0. The fourth-order valence-corrected chi connectivity index (χ4v) is 8.07. The van der Waals surface area contributed by atoms with Crippen LogP contribution in [0.4, 0.5) is 0 Å². The third kappa shape index (κ3) is 5.23. The highest BCUT2D eigenvalue weighted by Crippen LogP contribution is 2.37. The van der Waals surface area contributed by atoms with E-state index in [4.69, 9.17) is 28.2 Å². The van der Waals surface area contributed by atoms with Gasteiger partial charge in [-0.3, -0.25) is 0 Å². The first-order valence-electron chi connectivity index (χ1n) is 18.9. The zero-order valence-corrected chi connectivity index (χ0v) is 30.3. The number of rotatable bonds is 5. The average molecular weight is 732 g/mol. The van der Waals surface area contributed by atoms with Crippen LogP contribution in [0.15, 0.2) is 189 Å². The highest BCUT2D eigenvalue weighted by molar-refractivity contribution is 6.08. The minimum absolute atomic E-state index is 0.549. The standard InChI is InChI=1S/C51H29N3O3/c1-2-8-30(9-3-1)34-18-22-40-41-24-20-36(29-48(41)57-46(40)27-34)51-53-49(52-50(54-51)35-19-23-39-37-10-4-6-12-43(37)56-47(39)28-35)32-16-14-31(15-17-32)33-21-25-45-42(26-33)38-11-5-7-13-44(38)55-45/h1-29H. The Morgan fingerprint density at radius 2 is 0.596 bits per heavy atom. The SMILES string of the molecule is c1ccc(-c2ccc3c(c2)oc2cc(-c4nc(-c5ccc(-c6ccc7oc8ccccc8c7c6)cc5)nc(-c5ccc6c(c5)oc5ccccc56)n4)ccc23)cc1. The first-order valence-corrected chi connectivity index (χ1v) is 18.9. The van der Waals surface area contributed by atoms with Crippen molar-refractivity contribution in [3.63, 3.8) is 0 Å². The lowest BCUT2D eigenvalue weighted by Crippen LogP contribution is -2.00. The molecule has 0 aliphatic heterocycles. The zero-order valence-electron chi connectivity index (χ0n) is 30.3. The van der Waals surface area contributed by atoms with E-state index < -0.39 is 0 Å². The van der Waals surface area contributed by atoms with Crippen molar-refractivity contribution in [3.8, 4) is 56.4 Å².